The highest BCUT2D eigenvalue weighted by atomic mass is 32.2. The Labute approximate surface area is 93.7 Å². The van der Waals surface area contributed by atoms with Crippen LogP contribution in [0.3, 0.4) is 0 Å². The van der Waals surface area contributed by atoms with Crippen molar-refractivity contribution in [3.8, 4) is 0 Å². The molecule has 6 heteroatoms. The van der Waals surface area contributed by atoms with E-state index in [2.05, 4.69) is 21.9 Å². The quantitative estimate of drug-likeness (QED) is 0.374. The molecule has 0 aromatic carbocycles. The van der Waals surface area contributed by atoms with Crippen LogP contribution in [-0.2, 0) is 12.2 Å². The molecule has 15 heavy (non-hydrogen) atoms. The molecule has 0 aliphatic heterocycles. The van der Waals surface area contributed by atoms with Crippen LogP contribution < -0.4 is 11.5 Å². The molecule has 0 aliphatic carbocycles. The summed E-state index contributed by atoms with van der Waals surface area (Å²) in [6, 6.07) is 0. The van der Waals surface area contributed by atoms with Gasteiger partial charge in [-0.3, -0.25) is 4.99 Å². The van der Waals surface area contributed by atoms with Crippen LogP contribution in [0.25, 0.3) is 0 Å². The SMILES string of the molecule is CCc1nc[nH]c1CSCCN=C(N)N. The second-order valence-electron chi connectivity index (χ2n) is 3.04. The Morgan fingerprint density at radius 2 is 2.40 bits per heavy atom. The minimum Gasteiger partial charge on any atom is -0.370 e. The minimum absolute atomic E-state index is 0.159. The van der Waals surface area contributed by atoms with Gasteiger partial charge in [-0.25, -0.2) is 4.98 Å². The average Bonchev–Trinajstić information content (AvgIpc) is 2.64. The van der Waals surface area contributed by atoms with E-state index in [1.165, 1.54) is 5.69 Å². The van der Waals surface area contributed by atoms with Crippen molar-refractivity contribution in [2.45, 2.75) is 19.1 Å². The van der Waals surface area contributed by atoms with Crippen LogP contribution in [0.2, 0.25) is 0 Å². The summed E-state index contributed by atoms with van der Waals surface area (Å²) in [5.41, 5.74) is 12.8. The summed E-state index contributed by atoms with van der Waals surface area (Å²) in [5, 5.41) is 0. The van der Waals surface area contributed by atoms with Gasteiger partial charge in [0.15, 0.2) is 5.96 Å². The molecular formula is C9H17N5S. The first-order valence-corrected chi connectivity index (χ1v) is 6.03. The summed E-state index contributed by atoms with van der Waals surface area (Å²) in [6.45, 7) is 2.77. The fraction of sp³-hybridized carbons (Fsp3) is 0.556. The van der Waals surface area contributed by atoms with Gasteiger partial charge in [-0.15, -0.1) is 0 Å². The van der Waals surface area contributed by atoms with E-state index < -0.39 is 0 Å². The van der Waals surface area contributed by atoms with Crippen LogP contribution in [0, 0.1) is 0 Å². The summed E-state index contributed by atoms with van der Waals surface area (Å²) >= 11 is 1.79. The molecule has 0 atom stereocenters. The summed E-state index contributed by atoms with van der Waals surface area (Å²) in [4.78, 5) is 11.3. The highest BCUT2D eigenvalue weighted by Crippen LogP contribution is 2.13. The zero-order chi connectivity index (χ0) is 11.1. The maximum Gasteiger partial charge on any atom is 0.185 e. The first-order chi connectivity index (χ1) is 7.24. The zero-order valence-electron chi connectivity index (χ0n) is 8.86. The largest absolute Gasteiger partial charge is 0.370 e. The van der Waals surface area contributed by atoms with E-state index in [4.69, 9.17) is 11.5 Å². The minimum atomic E-state index is 0.159. The Morgan fingerprint density at radius 3 is 3.07 bits per heavy atom. The molecule has 0 radical (unpaired) electrons. The Kier molecular flexibility index (Phi) is 5.03. The number of rotatable bonds is 6. The number of guanidine groups is 1. The van der Waals surface area contributed by atoms with Crippen molar-refractivity contribution in [1.29, 1.82) is 0 Å². The molecule has 5 nitrogen and oxygen atoms in total. The van der Waals surface area contributed by atoms with Crippen LogP contribution in [0.1, 0.15) is 18.3 Å². The average molecular weight is 227 g/mol. The molecule has 0 saturated heterocycles. The number of nitrogens with one attached hydrogen (secondary N) is 1. The summed E-state index contributed by atoms with van der Waals surface area (Å²) in [6.07, 6.45) is 2.71. The number of nitrogens with zero attached hydrogens (tertiary/aromatic N) is 2. The first kappa shape index (κ1) is 11.9. The van der Waals surface area contributed by atoms with Gasteiger partial charge in [0.05, 0.1) is 18.6 Å². The van der Waals surface area contributed by atoms with Gasteiger partial charge in [0.25, 0.3) is 0 Å². The van der Waals surface area contributed by atoms with E-state index in [9.17, 15) is 0 Å². The van der Waals surface area contributed by atoms with Gasteiger partial charge in [0, 0.05) is 17.2 Å². The van der Waals surface area contributed by atoms with Crippen LogP contribution in [0.4, 0.5) is 0 Å². The van der Waals surface area contributed by atoms with E-state index in [0.717, 1.165) is 23.6 Å². The predicted octanol–water partition coefficient (Wildman–Crippen LogP) is 0.479. The summed E-state index contributed by atoms with van der Waals surface area (Å²) in [7, 11) is 0. The van der Waals surface area contributed by atoms with Crippen molar-refractivity contribution < 1.29 is 0 Å². The monoisotopic (exact) mass is 227 g/mol. The Hall–Kier alpha value is -1.17. The van der Waals surface area contributed by atoms with E-state index in [0.29, 0.717) is 6.54 Å². The van der Waals surface area contributed by atoms with Crippen LogP contribution >= 0.6 is 11.8 Å². The molecule has 0 fully saturated rings. The lowest BCUT2D eigenvalue weighted by atomic mass is 10.3. The van der Waals surface area contributed by atoms with Crippen molar-refractivity contribution in [3.05, 3.63) is 17.7 Å². The summed E-state index contributed by atoms with van der Waals surface area (Å²) < 4.78 is 0. The molecule has 0 amide bonds. The van der Waals surface area contributed by atoms with Crippen LogP contribution in [-0.4, -0.2) is 28.2 Å². The predicted molar refractivity (Wildman–Crippen MR) is 64.8 cm³/mol. The molecule has 0 aliphatic rings. The van der Waals surface area contributed by atoms with E-state index in [-0.39, 0.29) is 5.96 Å². The molecule has 84 valence electrons. The van der Waals surface area contributed by atoms with Crippen molar-refractivity contribution in [1.82, 2.24) is 9.97 Å². The lowest BCUT2D eigenvalue weighted by Crippen LogP contribution is -2.23. The number of H-pyrrole nitrogens is 1. The van der Waals surface area contributed by atoms with Crippen LogP contribution in [0.5, 0.6) is 0 Å². The number of hydrogen-bond donors (Lipinski definition) is 3. The molecule has 5 N–H and O–H groups in total. The first-order valence-electron chi connectivity index (χ1n) is 4.88. The summed E-state index contributed by atoms with van der Waals surface area (Å²) in [5.74, 6) is 2.01. The number of aliphatic imine (C=N–C) groups is 1. The molecule has 0 bridgehead atoms. The van der Waals surface area contributed by atoms with Gasteiger partial charge in [-0.2, -0.15) is 11.8 Å². The third kappa shape index (κ3) is 4.24. The third-order valence-electron chi connectivity index (χ3n) is 1.92. The fourth-order valence-corrected chi connectivity index (χ4v) is 2.01. The molecule has 1 aromatic rings. The molecule has 1 heterocycles. The van der Waals surface area contributed by atoms with Crippen molar-refractivity contribution in [2.75, 3.05) is 12.3 Å². The number of aryl methyl sites for hydroxylation is 1. The molecule has 0 spiro atoms. The Morgan fingerprint density at radius 1 is 1.60 bits per heavy atom. The van der Waals surface area contributed by atoms with Gasteiger partial charge in [-0.1, -0.05) is 6.92 Å². The van der Waals surface area contributed by atoms with Gasteiger partial charge in [0.1, 0.15) is 0 Å². The zero-order valence-corrected chi connectivity index (χ0v) is 9.68. The molecule has 1 rings (SSSR count). The van der Waals surface area contributed by atoms with E-state index in [1.54, 1.807) is 18.1 Å². The number of aromatic amines is 1. The maximum atomic E-state index is 5.22. The number of hydrogen-bond acceptors (Lipinski definition) is 3. The number of thioether (sulfide) groups is 1. The number of nitrogens with two attached hydrogens (primary N) is 2. The maximum absolute atomic E-state index is 5.22. The van der Waals surface area contributed by atoms with Gasteiger partial charge < -0.3 is 16.5 Å². The van der Waals surface area contributed by atoms with Crippen LogP contribution in [0.15, 0.2) is 11.3 Å². The highest BCUT2D eigenvalue weighted by molar-refractivity contribution is 7.98. The molecular weight excluding hydrogens is 210 g/mol. The number of aromatic nitrogens is 2. The van der Waals surface area contributed by atoms with Crippen molar-refractivity contribution in [2.24, 2.45) is 16.5 Å². The molecule has 0 unspecified atom stereocenters. The molecule has 0 saturated carbocycles. The smallest absolute Gasteiger partial charge is 0.185 e. The van der Waals surface area contributed by atoms with Crippen molar-refractivity contribution >= 4 is 17.7 Å². The second-order valence-corrected chi connectivity index (χ2v) is 4.15. The van der Waals surface area contributed by atoms with Gasteiger partial charge >= 0.3 is 0 Å². The van der Waals surface area contributed by atoms with E-state index >= 15 is 0 Å². The lowest BCUT2D eigenvalue weighted by Gasteiger charge is -2.00. The second kappa shape index (κ2) is 6.34. The Bertz CT molecular complexity index is 316. The Balaban J connectivity index is 2.23. The topological polar surface area (TPSA) is 93.1 Å². The lowest BCUT2D eigenvalue weighted by molar-refractivity contribution is 1.03. The van der Waals surface area contributed by atoms with Gasteiger partial charge in [0.2, 0.25) is 0 Å². The highest BCUT2D eigenvalue weighted by Gasteiger charge is 2.02. The standard InChI is InChI=1S/C9H17N5S/c1-2-7-8(14-6-13-7)5-15-4-3-12-9(10)11/h6H,2-5H2,1H3,(H,13,14)(H4,10,11,12). The number of imidazole rings is 1. The normalized spacial score (nSPS) is 10.2. The molecule has 1 aromatic heterocycles. The fourth-order valence-electron chi connectivity index (χ4n) is 1.19. The van der Waals surface area contributed by atoms with E-state index in [1.807, 2.05) is 0 Å². The van der Waals surface area contributed by atoms with Crippen molar-refractivity contribution in [3.63, 3.8) is 0 Å². The third-order valence-corrected chi connectivity index (χ3v) is 2.88. The van der Waals surface area contributed by atoms with Gasteiger partial charge in [-0.05, 0) is 6.42 Å².